The molecule has 0 radical (unpaired) electrons. The summed E-state index contributed by atoms with van der Waals surface area (Å²) in [5.41, 5.74) is 2.46. The van der Waals surface area contributed by atoms with Crippen molar-refractivity contribution in [1.82, 2.24) is 18.7 Å². The van der Waals surface area contributed by atoms with E-state index >= 15 is 0 Å². The van der Waals surface area contributed by atoms with E-state index in [2.05, 4.69) is 10.4 Å². The number of ether oxygens (including phenoxy) is 1. The first-order valence-electron chi connectivity index (χ1n) is 11.4. The number of hydrogen-bond donors (Lipinski definition) is 1. The Morgan fingerprint density at radius 2 is 1.79 bits per heavy atom. The molecule has 0 atom stereocenters. The van der Waals surface area contributed by atoms with E-state index in [1.165, 1.54) is 8.97 Å². The predicted octanol–water partition coefficient (Wildman–Crippen LogP) is 2.88. The molecular weight excluding hydrogens is 434 g/mol. The second-order valence-electron chi connectivity index (χ2n) is 8.75. The molecule has 34 heavy (non-hydrogen) atoms. The molecule has 4 aromatic rings. The Kier molecular flexibility index (Phi) is 6.65. The van der Waals surface area contributed by atoms with E-state index in [1.807, 2.05) is 45.9 Å². The van der Waals surface area contributed by atoms with Crippen molar-refractivity contribution in [2.24, 2.45) is 0 Å². The topological polar surface area (TPSA) is 99.6 Å². The number of para-hydroxylation sites is 1. The molecule has 1 N–H and O–H groups in total. The minimum absolute atomic E-state index is 0.0888. The summed E-state index contributed by atoms with van der Waals surface area (Å²) in [4.78, 5) is 39.2. The second-order valence-corrected chi connectivity index (χ2v) is 8.75. The first kappa shape index (κ1) is 23.4. The lowest BCUT2D eigenvalue weighted by Crippen LogP contribution is -2.29. The van der Waals surface area contributed by atoms with Crippen LogP contribution in [0.1, 0.15) is 31.4 Å². The van der Waals surface area contributed by atoms with Crippen LogP contribution in [-0.4, -0.2) is 37.4 Å². The normalized spacial score (nSPS) is 11.6. The van der Waals surface area contributed by atoms with Crippen LogP contribution in [0.2, 0.25) is 0 Å². The van der Waals surface area contributed by atoms with E-state index in [0.717, 1.165) is 15.8 Å². The van der Waals surface area contributed by atoms with Crippen molar-refractivity contribution in [3.8, 4) is 0 Å². The molecule has 2 aromatic heterocycles. The summed E-state index contributed by atoms with van der Waals surface area (Å²) in [5, 5.41) is 7.63. The van der Waals surface area contributed by atoms with E-state index in [1.54, 1.807) is 24.3 Å². The Bertz CT molecular complexity index is 1460. The zero-order chi connectivity index (χ0) is 24.4. The zero-order valence-corrected chi connectivity index (χ0v) is 19.9. The first-order valence-corrected chi connectivity index (χ1v) is 11.4. The minimum Gasteiger partial charge on any atom is -0.379 e. The van der Waals surface area contributed by atoms with Crippen LogP contribution >= 0.6 is 0 Å². The van der Waals surface area contributed by atoms with Crippen LogP contribution in [0.15, 0.2) is 52.1 Å². The van der Waals surface area contributed by atoms with Gasteiger partial charge in [0, 0.05) is 18.8 Å². The molecule has 9 nitrogen and oxygen atoms in total. The zero-order valence-electron chi connectivity index (χ0n) is 19.9. The van der Waals surface area contributed by atoms with Crippen molar-refractivity contribution in [3.05, 3.63) is 74.4 Å². The van der Waals surface area contributed by atoms with Crippen molar-refractivity contribution in [2.75, 3.05) is 11.9 Å². The molecule has 1 amide bonds. The fourth-order valence-electron chi connectivity index (χ4n) is 4.10. The van der Waals surface area contributed by atoms with Gasteiger partial charge in [-0.15, -0.1) is 5.10 Å². The second kappa shape index (κ2) is 9.64. The molecule has 2 aromatic carbocycles. The third kappa shape index (κ3) is 4.79. The molecule has 0 unspecified atom stereocenters. The summed E-state index contributed by atoms with van der Waals surface area (Å²) >= 11 is 0. The van der Waals surface area contributed by atoms with Gasteiger partial charge in [-0.2, -0.15) is 0 Å². The highest BCUT2D eigenvalue weighted by Crippen LogP contribution is 2.14. The van der Waals surface area contributed by atoms with E-state index in [0.29, 0.717) is 36.2 Å². The van der Waals surface area contributed by atoms with Crippen LogP contribution in [0.5, 0.6) is 0 Å². The molecule has 178 valence electrons. The predicted molar refractivity (Wildman–Crippen MR) is 131 cm³/mol. The van der Waals surface area contributed by atoms with Crippen molar-refractivity contribution in [1.29, 1.82) is 0 Å². The molecule has 0 spiro atoms. The van der Waals surface area contributed by atoms with Gasteiger partial charge in [0.1, 0.15) is 6.54 Å². The number of aromatic nitrogens is 4. The highest BCUT2D eigenvalue weighted by Gasteiger charge is 2.18. The van der Waals surface area contributed by atoms with Crippen molar-refractivity contribution in [3.63, 3.8) is 0 Å². The average molecular weight is 464 g/mol. The Morgan fingerprint density at radius 1 is 1.09 bits per heavy atom. The third-order valence-corrected chi connectivity index (χ3v) is 5.46. The van der Waals surface area contributed by atoms with Gasteiger partial charge in [0.2, 0.25) is 11.7 Å². The van der Waals surface area contributed by atoms with E-state index in [4.69, 9.17) is 4.74 Å². The van der Waals surface area contributed by atoms with Gasteiger partial charge in [-0.25, -0.2) is 13.9 Å². The minimum atomic E-state index is -0.478. The van der Waals surface area contributed by atoms with Crippen LogP contribution < -0.4 is 16.6 Å². The number of amides is 1. The lowest BCUT2D eigenvalue weighted by molar-refractivity contribution is -0.117. The average Bonchev–Trinajstić information content (AvgIpc) is 3.08. The Morgan fingerprint density at radius 3 is 2.50 bits per heavy atom. The van der Waals surface area contributed by atoms with Gasteiger partial charge in [0.15, 0.2) is 0 Å². The number of aryl methyl sites for hydroxylation is 3. The SMILES string of the molecule is Cc1cc(C)cc(NC(=O)Cn2nc3n(CCCOC(C)C)c(=O)c4ccccc4n3c2=O)c1. The number of anilines is 1. The number of hydrogen-bond acceptors (Lipinski definition) is 5. The molecule has 4 rings (SSSR count). The summed E-state index contributed by atoms with van der Waals surface area (Å²) < 4.78 is 9.56. The van der Waals surface area contributed by atoms with E-state index in [-0.39, 0.29) is 29.9 Å². The van der Waals surface area contributed by atoms with Gasteiger partial charge >= 0.3 is 5.69 Å². The van der Waals surface area contributed by atoms with Crippen molar-refractivity contribution in [2.45, 2.75) is 53.3 Å². The fraction of sp³-hybridized carbons (Fsp3) is 0.360. The van der Waals surface area contributed by atoms with E-state index < -0.39 is 5.69 Å². The molecule has 0 fully saturated rings. The molecular formula is C25H29N5O4. The van der Waals surface area contributed by atoms with Crippen LogP contribution in [0, 0.1) is 13.8 Å². The van der Waals surface area contributed by atoms with Crippen molar-refractivity contribution >= 4 is 28.3 Å². The molecule has 0 saturated heterocycles. The molecule has 0 aliphatic carbocycles. The van der Waals surface area contributed by atoms with Gasteiger partial charge in [0.05, 0.1) is 17.0 Å². The number of benzene rings is 2. The maximum Gasteiger partial charge on any atom is 0.352 e. The van der Waals surface area contributed by atoms with Crippen LogP contribution in [0.4, 0.5) is 5.69 Å². The summed E-state index contributed by atoms with van der Waals surface area (Å²) in [6.45, 7) is 8.34. The van der Waals surface area contributed by atoms with Crippen LogP contribution in [-0.2, 0) is 22.6 Å². The van der Waals surface area contributed by atoms with Gasteiger partial charge in [-0.3, -0.25) is 14.2 Å². The van der Waals surface area contributed by atoms with Gasteiger partial charge in [0.25, 0.3) is 5.56 Å². The third-order valence-electron chi connectivity index (χ3n) is 5.46. The maximum absolute atomic E-state index is 13.3. The number of fused-ring (bicyclic) bond motifs is 3. The quantitative estimate of drug-likeness (QED) is 0.405. The van der Waals surface area contributed by atoms with Crippen LogP contribution in [0.3, 0.4) is 0 Å². The Balaban J connectivity index is 1.71. The summed E-state index contributed by atoms with van der Waals surface area (Å²) in [5.74, 6) is -0.170. The molecule has 2 heterocycles. The highest BCUT2D eigenvalue weighted by molar-refractivity contribution is 5.90. The molecule has 0 aliphatic heterocycles. The van der Waals surface area contributed by atoms with E-state index in [9.17, 15) is 14.4 Å². The van der Waals surface area contributed by atoms with Gasteiger partial charge < -0.3 is 10.1 Å². The number of carbonyl (C=O) groups excluding carboxylic acids is 1. The van der Waals surface area contributed by atoms with Crippen LogP contribution in [0.25, 0.3) is 16.7 Å². The monoisotopic (exact) mass is 463 g/mol. The molecule has 9 heteroatoms. The summed E-state index contributed by atoms with van der Waals surface area (Å²) in [6, 6.07) is 12.7. The number of nitrogens with zero attached hydrogens (tertiary/aromatic N) is 4. The highest BCUT2D eigenvalue weighted by atomic mass is 16.5. The molecule has 0 saturated carbocycles. The van der Waals surface area contributed by atoms with Gasteiger partial charge in [-0.1, -0.05) is 18.2 Å². The maximum atomic E-state index is 13.3. The van der Waals surface area contributed by atoms with Crippen molar-refractivity contribution < 1.29 is 9.53 Å². The standard InChI is InChI=1S/C25H29N5O4/c1-16(2)34-11-7-10-28-23(32)20-8-5-6-9-21(20)30-24(28)27-29(25(30)33)15-22(31)26-19-13-17(3)12-18(4)14-19/h5-6,8-9,12-14,16H,7,10-11,15H2,1-4H3,(H,26,31). The number of carbonyl (C=O) groups is 1. The first-order chi connectivity index (χ1) is 16.2. The fourth-order valence-corrected chi connectivity index (χ4v) is 4.10. The Hall–Kier alpha value is -3.72. The summed E-state index contributed by atoms with van der Waals surface area (Å²) in [6.07, 6.45) is 0.672. The number of rotatable bonds is 8. The smallest absolute Gasteiger partial charge is 0.352 e. The Labute approximate surface area is 196 Å². The lowest BCUT2D eigenvalue weighted by atomic mass is 10.1. The van der Waals surface area contributed by atoms with Gasteiger partial charge in [-0.05, 0) is 69.5 Å². The molecule has 0 bridgehead atoms. The lowest BCUT2D eigenvalue weighted by Gasteiger charge is -2.11. The summed E-state index contributed by atoms with van der Waals surface area (Å²) in [7, 11) is 0. The number of nitrogens with one attached hydrogen (secondary N) is 1. The largest absolute Gasteiger partial charge is 0.379 e. The molecule has 0 aliphatic rings.